The van der Waals surface area contributed by atoms with Crippen molar-refractivity contribution in [1.29, 1.82) is 0 Å². The average Bonchev–Trinajstić information content (AvgIpc) is 2.40. The first-order valence-electron chi connectivity index (χ1n) is 5.95. The van der Waals surface area contributed by atoms with E-state index in [9.17, 15) is 19.7 Å². The zero-order valence-corrected chi connectivity index (χ0v) is 11.1. The Balaban J connectivity index is 3.26. The summed E-state index contributed by atoms with van der Waals surface area (Å²) in [6, 6.07) is 2.50. The van der Waals surface area contributed by atoms with Crippen LogP contribution in [0.2, 0.25) is 0 Å². The molecule has 0 bridgehead atoms. The van der Waals surface area contributed by atoms with E-state index in [0.29, 0.717) is 0 Å². The monoisotopic (exact) mass is 282 g/mol. The van der Waals surface area contributed by atoms with Crippen molar-refractivity contribution >= 4 is 17.6 Å². The first kappa shape index (κ1) is 15.5. The summed E-state index contributed by atoms with van der Waals surface area (Å²) in [4.78, 5) is 37.7. The molecule has 0 spiro atoms. The van der Waals surface area contributed by atoms with Crippen LogP contribution in [0, 0.1) is 10.1 Å². The van der Waals surface area contributed by atoms with E-state index in [0.717, 1.165) is 6.07 Å². The second-order valence-electron chi connectivity index (χ2n) is 3.60. The van der Waals surface area contributed by atoms with Crippen LogP contribution in [0.5, 0.6) is 0 Å². The Morgan fingerprint density at radius 3 is 2.30 bits per heavy atom. The molecule has 0 radical (unpaired) electrons. The Morgan fingerprint density at radius 1 is 1.30 bits per heavy atom. The Hall–Kier alpha value is -2.51. The van der Waals surface area contributed by atoms with Gasteiger partial charge in [0.1, 0.15) is 5.69 Å². The quantitative estimate of drug-likeness (QED) is 0.333. The first-order chi connectivity index (χ1) is 9.52. The minimum atomic E-state index is -1.56. The Labute approximate surface area is 114 Å². The van der Waals surface area contributed by atoms with Crippen molar-refractivity contribution in [3.8, 4) is 0 Å². The molecule has 0 unspecified atom stereocenters. The molecule has 0 aliphatic heterocycles. The highest BCUT2D eigenvalue weighted by Gasteiger charge is 2.37. The number of hydrogen-bond acceptors (Lipinski definition) is 7. The lowest BCUT2D eigenvalue weighted by Gasteiger charge is -2.13. The summed E-state index contributed by atoms with van der Waals surface area (Å²) in [6.45, 7) is 3.20. The molecule has 0 N–H and O–H groups in total. The second kappa shape index (κ2) is 7.17. The van der Waals surface area contributed by atoms with Crippen LogP contribution >= 0.6 is 0 Å². The summed E-state index contributed by atoms with van der Waals surface area (Å²) in [5, 5.41) is 10.9. The lowest BCUT2D eigenvalue weighted by Crippen LogP contribution is -2.27. The third-order valence-electron chi connectivity index (χ3n) is 2.33. The van der Waals surface area contributed by atoms with Gasteiger partial charge >= 0.3 is 11.9 Å². The van der Waals surface area contributed by atoms with Gasteiger partial charge in [0.15, 0.2) is 0 Å². The molecule has 0 aliphatic carbocycles. The molecule has 0 saturated carbocycles. The van der Waals surface area contributed by atoms with Crippen molar-refractivity contribution in [3.05, 3.63) is 34.1 Å². The van der Waals surface area contributed by atoms with Crippen molar-refractivity contribution in [2.45, 2.75) is 19.8 Å². The van der Waals surface area contributed by atoms with E-state index in [4.69, 9.17) is 9.47 Å². The molecule has 1 aromatic rings. The van der Waals surface area contributed by atoms with E-state index in [-0.39, 0.29) is 18.9 Å². The average molecular weight is 282 g/mol. The molecular formula is C12H14N2O6. The van der Waals surface area contributed by atoms with Crippen LogP contribution < -0.4 is 0 Å². The van der Waals surface area contributed by atoms with Crippen LogP contribution in [0.1, 0.15) is 25.5 Å². The van der Waals surface area contributed by atoms with Crippen molar-refractivity contribution < 1.29 is 24.0 Å². The fraction of sp³-hybridized carbons (Fsp3) is 0.417. The van der Waals surface area contributed by atoms with Gasteiger partial charge in [-0.1, -0.05) is 0 Å². The highest BCUT2D eigenvalue weighted by atomic mass is 16.6. The molecule has 108 valence electrons. The van der Waals surface area contributed by atoms with Crippen LogP contribution in [-0.2, 0) is 19.1 Å². The van der Waals surface area contributed by atoms with Gasteiger partial charge in [-0.2, -0.15) is 0 Å². The standard InChI is InChI=1S/C12H14N2O6/c1-3-19-11(15)9(12(16)20-4-2)10-8(14(17)18)6-5-7-13-10/h5-7,9H,3-4H2,1-2H3. The number of ether oxygens (including phenoxy) is 2. The molecule has 0 saturated heterocycles. The van der Waals surface area contributed by atoms with Gasteiger partial charge in [-0.05, 0) is 19.9 Å². The molecule has 8 heteroatoms. The maximum Gasteiger partial charge on any atom is 0.326 e. The number of rotatable bonds is 6. The van der Waals surface area contributed by atoms with Gasteiger partial charge in [0.25, 0.3) is 5.69 Å². The minimum Gasteiger partial charge on any atom is -0.465 e. The summed E-state index contributed by atoms with van der Waals surface area (Å²) in [5.74, 6) is -3.41. The maximum absolute atomic E-state index is 11.8. The Kier molecular flexibility index (Phi) is 5.57. The molecule has 1 aromatic heterocycles. The van der Waals surface area contributed by atoms with Crippen LogP contribution in [-0.4, -0.2) is 35.1 Å². The minimum absolute atomic E-state index is 0.0371. The number of nitro groups is 1. The van der Waals surface area contributed by atoms with Crippen LogP contribution in [0.15, 0.2) is 18.3 Å². The van der Waals surface area contributed by atoms with Crippen LogP contribution in [0.3, 0.4) is 0 Å². The molecule has 20 heavy (non-hydrogen) atoms. The topological polar surface area (TPSA) is 109 Å². The summed E-state index contributed by atoms with van der Waals surface area (Å²) in [7, 11) is 0. The van der Waals surface area contributed by atoms with Gasteiger partial charge in [-0.25, -0.2) is 0 Å². The molecule has 1 rings (SSSR count). The zero-order chi connectivity index (χ0) is 15.1. The summed E-state index contributed by atoms with van der Waals surface area (Å²) >= 11 is 0. The van der Waals surface area contributed by atoms with E-state index in [1.807, 2.05) is 0 Å². The first-order valence-corrected chi connectivity index (χ1v) is 5.95. The number of hydrogen-bond donors (Lipinski definition) is 0. The third kappa shape index (κ3) is 3.50. The fourth-order valence-electron chi connectivity index (χ4n) is 1.56. The van der Waals surface area contributed by atoms with E-state index >= 15 is 0 Å². The number of aromatic nitrogens is 1. The predicted octanol–water partition coefficient (Wildman–Crippen LogP) is 1.20. The lowest BCUT2D eigenvalue weighted by molar-refractivity contribution is -0.386. The van der Waals surface area contributed by atoms with Crippen molar-refractivity contribution in [2.75, 3.05) is 13.2 Å². The van der Waals surface area contributed by atoms with E-state index in [1.165, 1.54) is 12.3 Å². The summed E-state index contributed by atoms with van der Waals surface area (Å²) in [6.07, 6.45) is 1.26. The predicted molar refractivity (Wildman–Crippen MR) is 66.9 cm³/mol. The van der Waals surface area contributed by atoms with Gasteiger partial charge in [0.2, 0.25) is 5.92 Å². The van der Waals surface area contributed by atoms with Gasteiger partial charge < -0.3 is 9.47 Å². The van der Waals surface area contributed by atoms with Gasteiger partial charge in [0.05, 0.1) is 18.1 Å². The summed E-state index contributed by atoms with van der Waals surface area (Å²) < 4.78 is 9.52. The van der Waals surface area contributed by atoms with Crippen LogP contribution in [0.25, 0.3) is 0 Å². The SMILES string of the molecule is CCOC(=O)C(C(=O)OCC)c1ncccc1[N+](=O)[O-]. The molecule has 8 nitrogen and oxygen atoms in total. The van der Waals surface area contributed by atoms with E-state index < -0.39 is 28.5 Å². The second-order valence-corrected chi connectivity index (χ2v) is 3.60. The van der Waals surface area contributed by atoms with Gasteiger partial charge in [-0.15, -0.1) is 0 Å². The molecular weight excluding hydrogens is 268 g/mol. The van der Waals surface area contributed by atoms with Gasteiger partial charge in [0, 0.05) is 12.3 Å². The lowest BCUT2D eigenvalue weighted by atomic mass is 10.0. The molecule has 0 fully saturated rings. The Bertz CT molecular complexity index is 498. The number of carbonyl (C=O) groups is 2. The van der Waals surface area contributed by atoms with Crippen molar-refractivity contribution in [2.24, 2.45) is 0 Å². The molecule has 1 heterocycles. The molecule has 0 aliphatic rings. The van der Waals surface area contributed by atoms with Crippen molar-refractivity contribution in [1.82, 2.24) is 4.98 Å². The highest BCUT2D eigenvalue weighted by molar-refractivity contribution is 6.01. The number of esters is 2. The Morgan fingerprint density at radius 2 is 1.85 bits per heavy atom. The van der Waals surface area contributed by atoms with Gasteiger partial charge in [-0.3, -0.25) is 24.7 Å². The highest BCUT2D eigenvalue weighted by Crippen LogP contribution is 2.26. The fourth-order valence-corrected chi connectivity index (χ4v) is 1.56. The largest absolute Gasteiger partial charge is 0.465 e. The molecule has 0 amide bonds. The van der Waals surface area contributed by atoms with E-state index in [2.05, 4.69) is 4.98 Å². The van der Waals surface area contributed by atoms with Crippen molar-refractivity contribution in [3.63, 3.8) is 0 Å². The maximum atomic E-state index is 11.8. The number of pyridine rings is 1. The van der Waals surface area contributed by atoms with Crippen LogP contribution in [0.4, 0.5) is 5.69 Å². The zero-order valence-electron chi connectivity index (χ0n) is 11.1. The van der Waals surface area contributed by atoms with E-state index in [1.54, 1.807) is 13.8 Å². The summed E-state index contributed by atoms with van der Waals surface area (Å²) in [5.41, 5.74) is -0.715. The molecule has 0 aromatic carbocycles. The molecule has 0 atom stereocenters. The smallest absolute Gasteiger partial charge is 0.326 e. The normalized spacial score (nSPS) is 10.2. The number of nitrogens with zero attached hydrogens (tertiary/aromatic N) is 2. The number of carbonyl (C=O) groups excluding carboxylic acids is 2. The third-order valence-corrected chi connectivity index (χ3v) is 2.33.